The fraction of sp³-hybridized carbons (Fsp3) is 0.435. The molecule has 3 rings (SSSR count). The van der Waals surface area contributed by atoms with E-state index in [0.29, 0.717) is 24.3 Å². The normalized spacial score (nSPS) is 14.1. The smallest absolute Gasteiger partial charge is 0.223 e. The quantitative estimate of drug-likeness (QED) is 0.766. The maximum Gasteiger partial charge on any atom is 0.223 e. The summed E-state index contributed by atoms with van der Waals surface area (Å²) in [6.07, 6.45) is 1.22. The lowest BCUT2D eigenvalue weighted by atomic mass is 10.1. The highest BCUT2D eigenvalue weighted by molar-refractivity contribution is 5.77. The second-order valence-electron chi connectivity index (χ2n) is 7.30. The summed E-state index contributed by atoms with van der Waals surface area (Å²) in [7, 11) is 3.25. The second kappa shape index (κ2) is 9.00. The van der Waals surface area contributed by atoms with E-state index in [1.54, 1.807) is 14.2 Å². The maximum absolute atomic E-state index is 12.7. The molecule has 28 heavy (non-hydrogen) atoms. The van der Waals surface area contributed by atoms with E-state index in [0.717, 1.165) is 31.7 Å². The number of piperazine rings is 1. The Bertz CT molecular complexity index is 806. The van der Waals surface area contributed by atoms with Crippen LogP contribution in [0.2, 0.25) is 0 Å². The first kappa shape index (κ1) is 20.1. The average Bonchev–Trinajstić information content (AvgIpc) is 2.72. The summed E-state index contributed by atoms with van der Waals surface area (Å²) in [6, 6.07) is 12.2. The van der Waals surface area contributed by atoms with E-state index in [4.69, 9.17) is 9.47 Å². The van der Waals surface area contributed by atoms with Gasteiger partial charge in [0.25, 0.3) is 0 Å². The molecule has 1 heterocycles. The Kier molecular flexibility index (Phi) is 6.45. The number of nitrogens with zero attached hydrogens (tertiary/aromatic N) is 2. The number of ether oxygens (including phenoxy) is 2. The average molecular weight is 383 g/mol. The number of rotatable bonds is 6. The monoisotopic (exact) mass is 382 g/mol. The number of benzene rings is 2. The molecule has 0 bridgehead atoms. The van der Waals surface area contributed by atoms with Gasteiger partial charge < -0.3 is 19.3 Å². The Morgan fingerprint density at radius 1 is 0.929 bits per heavy atom. The Labute approximate surface area is 167 Å². The van der Waals surface area contributed by atoms with Crippen LogP contribution in [0, 0.1) is 13.8 Å². The van der Waals surface area contributed by atoms with Gasteiger partial charge in [-0.05, 0) is 49.1 Å². The van der Waals surface area contributed by atoms with Crippen LogP contribution in [0.3, 0.4) is 0 Å². The zero-order chi connectivity index (χ0) is 20.1. The highest BCUT2D eigenvalue weighted by atomic mass is 16.5. The number of methoxy groups -OCH3 is 2. The minimum atomic E-state index is 0.218. The Morgan fingerprint density at radius 3 is 2.18 bits per heavy atom. The van der Waals surface area contributed by atoms with Crippen molar-refractivity contribution in [3.05, 3.63) is 53.1 Å². The van der Waals surface area contributed by atoms with Gasteiger partial charge in [0.1, 0.15) is 0 Å². The lowest BCUT2D eigenvalue weighted by Crippen LogP contribution is -2.49. The van der Waals surface area contributed by atoms with Crippen LogP contribution in [0.4, 0.5) is 5.69 Å². The summed E-state index contributed by atoms with van der Waals surface area (Å²) in [5.41, 5.74) is 5.00. The number of para-hydroxylation sites is 1. The fourth-order valence-corrected chi connectivity index (χ4v) is 3.93. The summed E-state index contributed by atoms with van der Waals surface area (Å²) < 4.78 is 10.6. The van der Waals surface area contributed by atoms with Crippen molar-refractivity contribution in [1.29, 1.82) is 0 Å². The van der Waals surface area contributed by atoms with E-state index in [1.807, 2.05) is 23.1 Å². The molecule has 1 amide bonds. The minimum absolute atomic E-state index is 0.218. The van der Waals surface area contributed by atoms with Gasteiger partial charge in [0.05, 0.1) is 14.2 Å². The Morgan fingerprint density at radius 2 is 1.57 bits per heavy atom. The van der Waals surface area contributed by atoms with Crippen LogP contribution in [-0.4, -0.2) is 51.2 Å². The first-order valence-corrected chi connectivity index (χ1v) is 9.83. The molecule has 150 valence electrons. The molecular weight excluding hydrogens is 352 g/mol. The van der Waals surface area contributed by atoms with Crippen molar-refractivity contribution in [3.63, 3.8) is 0 Å². The number of hydrogen-bond donors (Lipinski definition) is 0. The van der Waals surface area contributed by atoms with Crippen molar-refractivity contribution in [3.8, 4) is 11.5 Å². The molecule has 5 heteroatoms. The molecule has 1 saturated heterocycles. The van der Waals surface area contributed by atoms with E-state index in [9.17, 15) is 4.79 Å². The van der Waals surface area contributed by atoms with Gasteiger partial charge in [-0.1, -0.05) is 24.3 Å². The summed E-state index contributed by atoms with van der Waals surface area (Å²) in [5, 5.41) is 0. The van der Waals surface area contributed by atoms with Crippen LogP contribution in [0.1, 0.15) is 23.1 Å². The summed E-state index contributed by atoms with van der Waals surface area (Å²) in [6.45, 7) is 7.63. The van der Waals surface area contributed by atoms with Crippen molar-refractivity contribution in [2.45, 2.75) is 26.7 Å². The van der Waals surface area contributed by atoms with Gasteiger partial charge in [-0.25, -0.2) is 0 Å². The first-order chi connectivity index (χ1) is 13.5. The van der Waals surface area contributed by atoms with E-state index in [2.05, 4.69) is 36.9 Å². The van der Waals surface area contributed by atoms with E-state index in [1.165, 1.54) is 16.8 Å². The van der Waals surface area contributed by atoms with Crippen LogP contribution < -0.4 is 14.4 Å². The summed E-state index contributed by atoms with van der Waals surface area (Å²) >= 11 is 0. The predicted octanol–water partition coefficient (Wildman–Crippen LogP) is 3.60. The van der Waals surface area contributed by atoms with Crippen molar-refractivity contribution in [2.24, 2.45) is 0 Å². The van der Waals surface area contributed by atoms with Gasteiger partial charge in [0.15, 0.2) is 11.5 Å². The van der Waals surface area contributed by atoms with Crippen LogP contribution >= 0.6 is 0 Å². The number of hydrogen-bond acceptors (Lipinski definition) is 4. The molecule has 0 radical (unpaired) electrons. The number of aryl methyl sites for hydroxylation is 3. The van der Waals surface area contributed by atoms with Crippen molar-refractivity contribution >= 4 is 11.6 Å². The molecule has 5 nitrogen and oxygen atoms in total. The molecule has 0 saturated carbocycles. The van der Waals surface area contributed by atoms with Gasteiger partial charge in [0.2, 0.25) is 5.91 Å². The third-order valence-electron chi connectivity index (χ3n) is 5.46. The lowest BCUT2D eigenvalue weighted by molar-refractivity contribution is -0.131. The highest BCUT2D eigenvalue weighted by Crippen LogP contribution is 2.28. The van der Waals surface area contributed by atoms with Gasteiger partial charge in [-0.15, -0.1) is 0 Å². The van der Waals surface area contributed by atoms with Crippen molar-refractivity contribution in [1.82, 2.24) is 4.90 Å². The number of carbonyl (C=O) groups is 1. The molecular formula is C23H30N2O3. The van der Waals surface area contributed by atoms with Crippen LogP contribution in [0.15, 0.2) is 36.4 Å². The van der Waals surface area contributed by atoms with Crippen molar-refractivity contribution < 1.29 is 14.3 Å². The minimum Gasteiger partial charge on any atom is -0.493 e. The van der Waals surface area contributed by atoms with E-state index in [-0.39, 0.29) is 5.91 Å². The summed E-state index contributed by atoms with van der Waals surface area (Å²) in [4.78, 5) is 17.1. The number of anilines is 1. The maximum atomic E-state index is 12.7. The highest BCUT2D eigenvalue weighted by Gasteiger charge is 2.22. The third-order valence-corrected chi connectivity index (χ3v) is 5.46. The zero-order valence-electron chi connectivity index (χ0n) is 17.3. The van der Waals surface area contributed by atoms with Crippen molar-refractivity contribution in [2.75, 3.05) is 45.3 Å². The molecule has 1 aliphatic rings. The van der Waals surface area contributed by atoms with Gasteiger partial charge in [-0.3, -0.25) is 4.79 Å². The Hall–Kier alpha value is -2.69. The fourth-order valence-electron chi connectivity index (χ4n) is 3.93. The molecule has 0 aliphatic carbocycles. The van der Waals surface area contributed by atoms with Crippen LogP contribution in [0.5, 0.6) is 11.5 Å². The molecule has 0 aromatic heterocycles. The SMILES string of the molecule is COc1ccc(CCC(=O)N2CCN(c3c(C)cccc3C)CC2)cc1OC. The largest absolute Gasteiger partial charge is 0.493 e. The predicted molar refractivity (Wildman–Crippen MR) is 113 cm³/mol. The molecule has 0 unspecified atom stereocenters. The zero-order valence-corrected chi connectivity index (χ0v) is 17.3. The Balaban J connectivity index is 1.54. The van der Waals surface area contributed by atoms with Crippen LogP contribution in [-0.2, 0) is 11.2 Å². The lowest BCUT2D eigenvalue weighted by Gasteiger charge is -2.37. The molecule has 2 aromatic carbocycles. The molecule has 0 spiro atoms. The topological polar surface area (TPSA) is 42.0 Å². The third kappa shape index (κ3) is 4.41. The number of amides is 1. The molecule has 0 atom stereocenters. The summed E-state index contributed by atoms with van der Waals surface area (Å²) in [5.74, 6) is 1.63. The molecule has 1 fully saturated rings. The molecule has 0 N–H and O–H groups in total. The van der Waals surface area contributed by atoms with E-state index < -0.39 is 0 Å². The van der Waals surface area contributed by atoms with Gasteiger partial charge in [0, 0.05) is 38.3 Å². The van der Waals surface area contributed by atoms with Crippen LogP contribution in [0.25, 0.3) is 0 Å². The first-order valence-electron chi connectivity index (χ1n) is 9.83. The standard InChI is InChI=1S/C23H30N2O3/c1-17-6-5-7-18(2)23(17)25-14-12-24(13-15-25)22(26)11-9-19-8-10-20(27-3)21(16-19)28-4/h5-8,10,16H,9,11-15H2,1-4H3. The second-order valence-corrected chi connectivity index (χ2v) is 7.30. The van der Waals surface area contributed by atoms with Gasteiger partial charge in [-0.2, -0.15) is 0 Å². The number of carbonyl (C=O) groups excluding carboxylic acids is 1. The molecule has 2 aromatic rings. The molecule has 1 aliphatic heterocycles. The van der Waals surface area contributed by atoms with Gasteiger partial charge >= 0.3 is 0 Å². The van der Waals surface area contributed by atoms with E-state index >= 15 is 0 Å².